The zero-order valence-corrected chi connectivity index (χ0v) is 12.7. The maximum atomic E-state index is 6.73. The van der Waals surface area contributed by atoms with Gasteiger partial charge in [-0.3, -0.25) is 0 Å². The molecule has 21 heavy (non-hydrogen) atoms. The van der Waals surface area contributed by atoms with Gasteiger partial charge in [0.15, 0.2) is 4.93 Å². The Morgan fingerprint density at radius 2 is 1.48 bits per heavy atom. The summed E-state index contributed by atoms with van der Waals surface area (Å²) >= 11 is 2.07. The van der Waals surface area contributed by atoms with Crippen LogP contribution in [-0.4, -0.2) is 11.4 Å². The van der Waals surface area contributed by atoms with Crippen molar-refractivity contribution in [1.29, 1.82) is 0 Å². The maximum absolute atomic E-state index is 6.73. The molecule has 1 nitrogen and oxygen atoms in total. The molecule has 1 aliphatic heterocycles. The van der Waals surface area contributed by atoms with Gasteiger partial charge in [0, 0.05) is 16.4 Å². The Bertz CT molecular complexity index is 647. The third-order valence-electron chi connectivity index (χ3n) is 5.13. The van der Waals surface area contributed by atoms with Crippen molar-refractivity contribution in [2.45, 2.75) is 42.0 Å². The Labute approximate surface area is 129 Å². The second-order valence-corrected chi connectivity index (χ2v) is 7.72. The van der Waals surface area contributed by atoms with Crippen LogP contribution >= 0.6 is 11.8 Å². The molecule has 0 aromatic heterocycles. The summed E-state index contributed by atoms with van der Waals surface area (Å²) in [5.41, 5.74) is 5.45. The molecular weight excluding hydrogens is 276 g/mol. The minimum atomic E-state index is -0.243. The summed E-state index contributed by atoms with van der Waals surface area (Å²) in [6, 6.07) is 17.6. The van der Waals surface area contributed by atoms with Gasteiger partial charge in [-0.1, -0.05) is 61.4 Å². The molecule has 0 amide bonds. The van der Waals surface area contributed by atoms with E-state index < -0.39 is 0 Å². The van der Waals surface area contributed by atoms with Crippen molar-refractivity contribution < 1.29 is 4.74 Å². The van der Waals surface area contributed by atoms with Crippen LogP contribution in [0.2, 0.25) is 0 Å². The van der Waals surface area contributed by atoms with Crippen LogP contribution in [-0.2, 0) is 9.67 Å². The Balaban J connectivity index is 1.73. The number of fused-ring (bicyclic) bond motifs is 6. The molecule has 0 unspecified atom stereocenters. The average molecular weight is 294 g/mol. The van der Waals surface area contributed by atoms with Crippen molar-refractivity contribution >= 4 is 11.8 Å². The highest BCUT2D eigenvalue weighted by Gasteiger charge is 2.54. The molecule has 2 aromatic rings. The van der Waals surface area contributed by atoms with E-state index in [2.05, 4.69) is 60.3 Å². The van der Waals surface area contributed by atoms with Gasteiger partial charge in [-0.25, -0.2) is 0 Å². The summed E-state index contributed by atoms with van der Waals surface area (Å²) in [7, 11) is 0. The summed E-state index contributed by atoms with van der Waals surface area (Å²) < 4.78 is 6.73. The molecule has 0 bridgehead atoms. The van der Waals surface area contributed by atoms with E-state index in [0.717, 1.165) is 0 Å². The number of ether oxygens (including phenoxy) is 1. The molecule has 2 aromatic carbocycles. The zero-order valence-electron chi connectivity index (χ0n) is 11.9. The highest BCUT2D eigenvalue weighted by Crippen LogP contribution is 2.62. The molecule has 0 N–H and O–H groups in total. The molecule has 2 fully saturated rings. The van der Waals surface area contributed by atoms with Gasteiger partial charge in [0.05, 0.1) is 6.10 Å². The van der Waals surface area contributed by atoms with Crippen molar-refractivity contribution in [2.75, 3.05) is 0 Å². The van der Waals surface area contributed by atoms with Crippen molar-refractivity contribution in [2.24, 2.45) is 0 Å². The molecule has 1 saturated heterocycles. The molecule has 2 aliphatic carbocycles. The Kier molecular flexibility index (Phi) is 2.56. The largest absolute Gasteiger partial charge is 0.351 e. The lowest BCUT2D eigenvalue weighted by Gasteiger charge is -2.26. The van der Waals surface area contributed by atoms with Gasteiger partial charge in [-0.15, -0.1) is 11.8 Å². The summed E-state index contributed by atoms with van der Waals surface area (Å²) in [6.45, 7) is 0. The number of rotatable bonds is 0. The van der Waals surface area contributed by atoms with E-state index in [1.54, 1.807) is 0 Å². The van der Waals surface area contributed by atoms with E-state index in [1.165, 1.54) is 47.9 Å². The summed E-state index contributed by atoms with van der Waals surface area (Å²) in [5, 5.41) is 0.665. The quantitative estimate of drug-likeness (QED) is 0.680. The number of hydrogen-bond donors (Lipinski definition) is 0. The predicted octanol–water partition coefficient (Wildman–Crippen LogP) is 4.94. The van der Waals surface area contributed by atoms with Gasteiger partial charge in [-0.05, 0) is 24.0 Å². The van der Waals surface area contributed by atoms with Gasteiger partial charge in [-0.2, -0.15) is 0 Å². The SMILES string of the molecule is c1ccc2c(c1)-c1ccccc1C21O[C@@H]2CCCC[C@H]2S1. The van der Waals surface area contributed by atoms with E-state index in [4.69, 9.17) is 4.74 Å². The van der Waals surface area contributed by atoms with Crippen LogP contribution in [0.5, 0.6) is 0 Å². The Morgan fingerprint density at radius 3 is 2.14 bits per heavy atom. The smallest absolute Gasteiger partial charge is 0.166 e. The first kappa shape index (κ1) is 12.3. The highest BCUT2D eigenvalue weighted by atomic mass is 32.2. The van der Waals surface area contributed by atoms with Crippen LogP contribution in [0.15, 0.2) is 48.5 Å². The van der Waals surface area contributed by atoms with E-state index in [1.807, 2.05) is 0 Å². The lowest BCUT2D eigenvalue weighted by molar-refractivity contribution is -0.00597. The van der Waals surface area contributed by atoms with Crippen LogP contribution in [0, 0.1) is 0 Å². The van der Waals surface area contributed by atoms with Crippen LogP contribution < -0.4 is 0 Å². The van der Waals surface area contributed by atoms with Gasteiger partial charge >= 0.3 is 0 Å². The monoisotopic (exact) mass is 294 g/mol. The fraction of sp³-hybridized carbons (Fsp3) is 0.368. The summed E-state index contributed by atoms with van der Waals surface area (Å²) in [6.07, 6.45) is 5.64. The molecule has 2 heteroatoms. The van der Waals surface area contributed by atoms with Gasteiger partial charge in [0.25, 0.3) is 0 Å². The van der Waals surface area contributed by atoms with Crippen molar-refractivity contribution in [3.8, 4) is 11.1 Å². The van der Waals surface area contributed by atoms with Gasteiger partial charge in [0.2, 0.25) is 0 Å². The Morgan fingerprint density at radius 1 is 0.857 bits per heavy atom. The standard InChI is InChI=1S/C19H18OS/c1-3-9-15-13(7-1)14-8-2-4-10-16(14)19(15)20-17-11-5-6-12-18(17)21-19/h1-4,7-10,17-18H,5-6,11-12H2/t17-,18-/m1/s1. The van der Waals surface area contributed by atoms with Crippen molar-refractivity contribution in [3.05, 3.63) is 59.7 Å². The molecule has 5 rings (SSSR count). The molecule has 0 radical (unpaired) electrons. The summed E-state index contributed by atoms with van der Waals surface area (Å²) in [5.74, 6) is 0. The first-order valence-electron chi connectivity index (χ1n) is 7.93. The second-order valence-electron chi connectivity index (χ2n) is 6.30. The normalized spacial score (nSPS) is 28.2. The van der Waals surface area contributed by atoms with Crippen LogP contribution in [0.3, 0.4) is 0 Å². The fourth-order valence-electron chi connectivity index (χ4n) is 4.20. The molecule has 106 valence electrons. The second kappa shape index (κ2) is 4.37. The molecule has 1 heterocycles. The van der Waals surface area contributed by atoms with E-state index >= 15 is 0 Å². The topological polar surface area (TPSA) is 9.23 Å². The van der Waals surface area contributed by atoms with Gasteiger partial charge in [0.1, 0.15) is 0 Å². The third-order valence-corrected chi connectivity index (χ3v) is 6.84. The highest BCUT2D eigenvalue weighted by molar-refractivity contribution is 8.01. The lowest BCUT2D eigenvalue weighted by Crippen LogP contribution is -2.26. The first-order chi connectivity index (χ1) is 10.4. The summed E-state index contributed by atoms with van der Waals surface area (Å²) in [4.78, 5) is -0.243. The van der Waals surface area contributed by atoms with Crippen LogP contribution in [0.25, 0.3) is 11.1 Å². The minimum Gasteiger partial charge on any atom is -0.351 e. The minimum absolute atomic E-state index is 0.243. The molecule has 2 atom stereocenters. The number of thioether (sulfide) groups is 1. The lowest BCUT2D eigenvalue weighted by atomic mass is 9.97. The molecule has 1 saturated carbocycles. The molecular formula is C19H18OS. The third kappa shape index (κ3) is 1.58. The van der Waals surface area contributed by atoms with Gasteiger partial charge < -0.3 is 4.74 Å². The predicted molar refractivity (Wildman–Crippen MR) is 87.4 cm³/mol. The van der Waals surface area contributed by atoms with Crippen LogP contribution in [0.1, 0.15) is 36.8 Å². The fourth-order valence-corrected chi connectivity index (χ4v) is 6.04. The first-order valence-corrected chi connectivity index (χ1v) is 8.81. The zero-order chi connectivity index (χ0) is 13.9. The average Bonchev–Trinajstić information content (AvgIpc) is 3.06. The molecule has 1 spiro atoms. The van der Waals surface area contributed by atoms with Crippen molar-refractivity contribution in [1.82, 2.24) is 0 Å². The molecule has 3 aliphatic rings. The van der Waals surface area contributed by atoms with E-state index in [-0.39, 0.29) is 4.93 Å². The van der Waals surface area contributed by atoms with Crippen molar-refractivity contribution in [3.63, 3.8) is 0 Å². The maximum Gasteiger partial charge on any atom is 0.166 e. The van der Waals surface area contributed by atoms with Crippen LogP contribution in [0.4, 0.5) is 0 Å². The number of benzene rings is 2. The van der Waals surface area contributed by atoms with E-state index in [0.29, 0.717) is 11.4 Å². The number of hydrogen-bond acceptors (Lipinski definition) is 2. The Hall–Kier alpha value is -1.25. The van der Waals surface area contributed by atoms with E-state index in [9.17, 15) is 0 Å².